The van der Waals surface area contributed by atoms with Crippen molar-refractivity contribution in [1.82, 2.24) is 20.1 Å². The van der Waals surface area contributed by atoms with E-state index in [9.17, 15) is 17.6 Å². The Morgan fingerprint density at radius 1 is 1.26 bits per heavy atom. The molecule has 1 aliphatic heterocycles. The highest BCUT2D eigenvalue weighted by atomic mass is 19.4. The smallest absolute Gasteiger partial charge is 0.405 e. The van der Waals surface area contributed by atoms with Crippen LogP contribution in [0.1, 0.15) is 37.9 Å². The molecule has 0 bridgehead atoms. The van der Waals surface area contributed by atoms with Crippen LogP contribution in [-0.4, -0.2) is 32.5 Å². The summed E-state index contributed by atoms with van der Waals surface area (Å²) in [4.78, 5) is 14.3. The van der Waals surface area contributed by atoms with Crippen LogP contribution in [0.4, 0.5) is 23.4 Å². The summed E-state index contributed by atoms with van der Waals surface area (Å²) < 4.78 is 57.4. The van der Waals surface area contributed by atoms with Crippen molar-refractivity contribution >= 4 is 17.3 Å². The maximum atomic E-state index is 13.7. The maximum absolute atomic E-state index is 13.7. The van der Waals surface area contributed by atoms with Gasteiger partial charge in [-0.05, 0) is 45.0 Å². The first-order chi connectivity index (χ1) is 14.5. The predicted octanol–water partition coefficient (Wildman–Crippen LogP) is 3.96. The zero-order chi connectivity index (χ0) is 22.4. The number of aromatic nitrogens is 3. The van der Waals surface area contributed by atoms with Gasteiger partial charge in [-0.3, -0.25) is 0 Å². The van der Waals surface area contributed by atoms with Gasteiger partial charge in [0.2, 0.25) is 0 Å². The number of fused-ring (bicyclic) bond motifs is 1. The number of ether oxygens (including phenoxy) is 1. The van der Waals surface area contributed by atoms with Crippen LogP contribution in [0.25, 0.3) is 5.65 Å². The van der Waals surface area contributed by atoms with Crippen molar-refractivity contribution in [1.29, 1.82) is 0 Å². The van der Waals surface area contributed by atoms with Gasteiger partial charge in [-0.15, -0.1) is 13.2 Å². The highest BCUT2D eigenvalue weighted by Crippen LogP contribution is 2.32. The molecule has 0 saturated heterocycles. The van der Waals surface area contributed by atoms with Crippen molar-refractivity contribution in [2.24, 2.45) is 4.99 Å². The lowest BCUT2D eigenvalue weighted by atomic mass is 10.1. The van der Waals surface area contributed by atoms with E-state index >= 15 is 0 Å². The van der Waals surface area contributed by atoms with Gasteiger partial charge in [0.05, 0.1) is 17.8 Å². The van der Waals surface area contributed by atoms with Crippen molar-refractivity contribution in [2.45, 2.75) is 38.9 Å². The molecule has 3 aromatic rings. The Balaban J connectivity index is 1.64. The Bertz CT molecular complexity index is 1160. The molecule has 0 spiro atoms. The third kappa shape index (κ3) is 4.53. The molecule has 0 fully saturated rings. The number of amidine groups is 1. The number of hydrogen-bond donors (Lipinski definition) is 2. The first kappa shape index (κ1) is 20.8. The molecule has 8 nitrogen and oxygen atoms in total. The van der Waals surface area contributed by atoms with E-state index in [-0.39, 0.29) is 5.56 Å². The first-order valence-corrected chi connectivity index (χ1v) is 9.21. The minimum atomic E-state index is -4.90. The number of nitrogens with one attached hydrogen (secondary N) is 2. The van der Waals surface area contributed by atoms with Crippen LogP contribution >= 0.6 is 0 Å². The summed E-state index contributed by atoms with van der Waals surface area (Å²) >= 11 is 0. The van der Waals surface area contributed by atoms with E-state index in [2.05, 4.69) is 30.6 Å². The van der Waals surface area contributed by atoms with Gasteiger partial charge in [0, 0.05) is 11.8 Å². The Labute approximate surface area is 173 Å². The monoisotopic (exact) mass is 438 g/mol. The molecule has 164 valence electrons. The fourth-order valence-electron chi connectivity index (χ4n) is 3.09. The second-order valence-electron chi connectivity index (χ2n) is 7.35. The summed E-state index contributed by atoms with van der Waals surface area (Å²) in [5, 5.41) is 7.18. The molecule has 4 rings (SSSR count). The summed E-state index contributed by atoms with van der Waals surface area (Å²) in [6.07, 6.45) is -1.71. The lowest BCUT2D eigenvalue weighted by Gasteiger charge is -2.19. The van der Waals surface area contributed by atoms with E-state index in [0.29, 0.717) is 22.9 Å². The maximum Gasteiger partial charge on any atom is 0.573 e. The van der Waals surface area contributed by atoms with E-state index in [4.69, 9.17) is 4.84 Å². The summed E-state index contributed by atoms with van der Waals surface area (Å²) in [6.45, 7) is 5.13. The van der Waals surface area contributed by atoms with Crippen LogP contribution in [0.15, 0.2) is 41.7 Å². The van der Waals surface area contributed by atoms with Gasteiger partial charge in [-0.1, -0.05) is 0 Å². The predicted molar refractivity (Wildman–Crippen MR) is 103 cm³/mol. The highest BCUT2D eigenvalue weighted by molar-refractivity contribution is 6.03. The number of halogens is 4. The van der Waals surface area contributed by atoms with Crippen LogP contribution in [0.5, 0.6) is 5.75 Å². The molecular weight excluding hydrogens is 420 g/mol. The van der Waals surface area contributed by atoms with Gasteiger partial charge in [-0.25, -0.2) is 29.2 Å². The fraction of sp³-hybridized carbons (Fsp3) is 0.316. The Kier molecular flexibility index (Phi) is 4.96. The standard InChI is InChI=1S/C19H18F4N6O2/c1-10(12-8-11(20)4-5-14(12)30-19(21,22)23)25-15-6-7-29-17(26-15)13(9-24-29)16-27-18(2,3)31-28-16/h4-10H,1-3H3,(H,25,26)(H,27,28)/t10-/m1/s1. The lowest BCUT2D eigenvalue weighted by molar-refractivity contribution is -0.275. The fourth-order valence-corrected chi connectivity index (χ4v) is 3.09. The quantitative estimate of drug-likeness (QED) is 0.587. The molecule has 1 atom stereocenters. The molecule has 1 aromatic carbocycles. The number of aliphatic imine (C=N–C) groups is 1. The van der Waals surface area contributed by atoms with E-state index in [1.807, 2.05) is 0 Å². The average molecular weight is 438 g/mol. The second kappa shape index (κ2) is 7.38. The van der Waals surface area contributed by atoms with Gasteiger partial charge >= 0.3 is 6.36 Å². The van der Waals surface area contributed by atoms with Crippen LogP contribution in [-0.2, 0) is 4.84 Å². The van der Waals surface area contributed by atoms with Gasteiger partial charge in [0.15, 0.2) is 17.2 Å². The molecule has 2 aromatic heterocycles. The summed E-state index contributed by atoms with van der Waals surface area (Å²) in [6, 6.07) is 3.66. The van der Waals surface area contributed by atoms with E-state index < -0.39 is 29.7 Å². The van der Waals surface area contributed by atoms with Crippen molar-refractivity contribution < 1.29 is 27.1 Å². The minimum absolute atomic E-state index is 0.00952. The van der Waals surface area contributed by atoms with Gasteiger partial charge < -0.3 is 10.1 Å². The Hall–Kier alpha value is -3.41. The number of rotatable bonds is 5. The largest absolute Gasteiger partial charge is 0.573 e. The zero-order valence-corrected chi connectivity index (χ0v) is 16.7. The molecule has 2 N–H and O–H groups in total. The number of hydroxylamine groups is 1. The Morgan fingerprint density at radius 2 is 2.03 bits per heavy atom. The summed E-state index contributed by atoms with van der Waals surface area (Å²) in [7, 11) is 0. The molecule has 12 heteroatoms. The molecule has 3 heterocycles. The number of alkyl halides is 3. The first-order valence-electron chi connectivity index (χ1n) is 9.21. The zero-order valence-electron chi connectivity index (χ0n) is 16.7. The summed E-state index contributed by atoms with van der Waals surface area (Å²) in [5.74, 6) is -0.400. The SMILES string of the molecule is C[C@@H](Nc1ccn2ncc(C3=NC(C)(C)ON3)c2n1)c1cc(F)ccc1OC(F)(F)F. The minimum Gasteiger partial charge on any atom is -0.405 e. The average Bonchev–Trinajstić information content (AvgIpc) is 3.24. The van der Waals surface area contributed by atoms with Crippen molar-refractivity contribution in [2.75, 3.05) is 5.32 Å². The number of hydrogen-bond acceptors (Lipinski definition) is 7. The van der Waals surface area contributed by atoms with Crippen LogP contribution in [0.3, 0.4) is 0 Å². The molecule has 31 heavy (non-hydrogen) atoms. The highest BCUT2D eigenvalue weighted by Gasteiger charge is 2.33. The number of nitrogens with zero attached hydrogens (tertiary/aromatic N) is 4. The molecular formula is C19H18F4N6O2. The molecule has 1 aliphatic rings. The van der Waals surface area contributed by atoms with Crippen LogP contribution in [0.2, 0.25) is 0 Å². The molecule has 0 radical (unpaired) electrons. The van der Waals surface area contributed by atoms with Crippen molar-refractivity contribution in [3.05, 3.63) is 53.6 Å². The molecule has 0 amide bonds. The molecule has 0 unspecified atom stereocenters. The number of benzene rings is 1. The van der Waals surface area contributed by atoms with Crippen LogP contribution < -0.4 is 15.5 Å². The van der Waals surface area contributed by atoms with E-state index in [0.717, 1.165) is 18.2 Å². The van der Waals surface area contributed by atoms with E-state index in [1.165, 1.54) is 4.52 Å². The topological polar surface area (TPSA) is 85.1 Å². The van der Waals surface area contributed by atoms with Crippen molar-refractivity contribution in [3.8, 4) is 5.75 Å². The molecule has 0 saturated carbocycles. The van der Waals surface area contributed by atoms with Crippen molar-refractivity contribution in [3.63, 3.8) is 0 Å². The normalized spacial score (nSPS) is 16.7. The number of anilines is 1. The van der Waals surface area contributed by atoms with Crippen LogP contribution in [0, 0.1) is 5.82 Å². The lowest BCUT2D eigenvalue weighted by Crippen LogP contribution is -2.23. The van der Waals surface area contributed by atoms with Gasteiger partial charge in [-0.2, -0.15) is 5.10 Å². The van der Waals surface area contributed by atoms with E-state index in [1.54, 1.807) is 39.2 Å². The third-order valence-electron chi connectivity index (χ3n) is 4.43. The summed E-state index contributed by atoms with van der Waals surface area (Å²) in [5.41, 5.74) is 2.99. The third-order valence-corrected chi connectivity index (χ3v) is 4.43. The molecule has 0 aliphatic carbocycles. The second-order valence-corrected chi connectivity index (χ2v) is 7.35. The Morgan fingerprint density at radius 3 is 2.71 bits per heavy atom. The van der Waals surface area contributed by atoms with Gasteiger partial charge in [0.1, 0.15) is 17.4 Å². The van der Waals surface area contributed by atoms with Gasteiger partial charge in [0.25, 0.3) is 0 Å².